The van der Waals surface area contributed by atoms with Crippen LogP contribution in [0, 0.1) is 6.92 Å². The van der Waals surface area contributed by atoms with Crippen LogP contribution >= 0.6 is 0 Å². The molecule has 1 rings (SSSR count). The molecule has 0 aliphatic carbocycles. The molecule has 0 atom stereocenters. The first-order valence-corrected chi connectivity index (χ1v) is 7.88. The molecule has 8 heteroatoms. The molecule has 0 aromatic carbocycles. The van der Waals surface area contributed by atoms with Crippen molar-refractivity contribution < 1.29 is 17.6 Å². The van der Waals surface area contributed by atoms with Crippen LogP contribution < -0.4 is 16.2 Å². The fraction of sp³-hybridized carbons (Fsp3) is 0.583. The molecule has 114 valence electrons. The maximum atomic E-state index is 11.9. The molecule has 1 aromatic heterocycles. The molecule has 1 amide bonds. The van der Waals surface area contributed by atoms with Crippen LogP contribution in [-0.2, 0) is 10.0 Å². The molecule has 5 N–H and O–H groups in total. The molecule has 0 fully saturated rings. The molecule has 1 aromatic rings. The number of sulfonamides is 1. The van der Waals surface area contributed by atoms with Gasteiger partial charge >= 0.3 is 0 Å². The number of rotatable bonds is 6. The van der Waals surface area contributed by atoms with E-state index in [1.807, 2.05) is 13.8 Å². The smallest absolute Gasteiger partial charge is 0.287 e. The van der Waals surface area contributed by atoms with E-state index in [0.717, 1.165) is 6.07 Å². The molecular weight excluding hydrogens is 282 g/mol. The third-order valence-electron chi connectivity index (χ3n) is 3.41. The first-order chi connectivity index (χ1) is 9.13. The number of furan rings is 1. The molecule has 0 bridgehead atoms. The summed E-state index contributed by atoms with van der Waals surface area (Å²) in [5, 5.41) is 7.66. The standard InChI is InChI=1S/C12H21N3O4S/c1-4-12(13,5-2)7-15-11(16)9-6-10(8(3)19-9)20(14,17)18/h6H,4-5,7,13H2,1-3H3,(H,15,16)(H2,14,17,18). The minimum absolute atomic E-state index is 0.0858. The Bertz CT molecular complexity index is 588. The second kappa shape index (κ2) is 5.94. The van der Waals surface area contributed by atoms with Crippen molar-refractivity contribution in [3.8, 4) is 0 Å². The van der Waals surface area contributed by atoms with Crippen LogP contribution in [0.4, 0.5) is 0 Å². The van der Waals surface area contributed by atoms with Gasteiger partial charge in [-0.05, 0) is 19.8 Å². The lowest BCUT2D eigenvalue weighted by molar-refractivity contribution is 0.0913. The third-order valence-corrected chi connectivity index (χ3v) is 4.43. The van der Waals surface area contributed by atoms with Gasteiger partial charge in [-0.2, -0.15) is 0 Å². The first kappa shape index (κ1) is 16.7. The van der Waals surface area contributed by atoms with Crippen LogP contribution in [0.2, 0.25) is 0 Å². The van der Waals surface area contributed by atoms with Gasteiger partial charge in [-0.1, -0.05) is 13.8 Å². The van der Waals surface area contributed by atoms with E-state index >= 15 is 0 Å². The van der Waals surface area contributed by atoms with E-state index in [-0.39, 0.29) is 23.0 Å². The van der Waals surface area contributed by atoms with Crippen molar-refractivity contribution in [1.82, 2.24) is 5.32 Å². The molecule has 0 saturated heterocycles. The normalized spacial score (nSPS) is 12.4. The lowest BCUT2D eigenvalue weighted by Crippen LogP contribution is -2.49. The van der Waals surface area contributed by atoms with Crippen molar-refractivity contribution >= 4 is 15.9 Å². The predicted molar refractivity (Wildman–Crippen MR) is 74.7 cm³/mol. The van der Waals surface area contributed by atoms with E-state index in [1.165, 1.54) is 6.92 Å². The monoisotopic (exact) mass is 303 g/mol. The average Bonchev–Trinajstić information content (AvgIpc) is 2.77. The van der Waals surface area contributed by atoms with Crippen molar-refractivity contribution in [2.45, 2.75) is 44.0 Å². The van der Waals surface area contributed by atoms with E-state index in [1.54, 1.807) is 0 Å². The maximum absolute atomic E-state index is 11.9. The summed E-state index contributed by atoms with van der Waals surface area (Å²) in [6, 6.07) is 1.12. The highest BCUT2D eigenvalue weighted by Gasteiger charge is 2.24. The van der Waals surface area contributed by atoms with Crippen molar-refractivity contribution in [3.05, 3.63) is 17.6 Å². The Morgan fingerprint density at radius 3 is 2.35 bits per heavy atom. The van der Waals surface area contributed by atoms with Crippen LogP contribution in [0.15, 0.2) is 15.4 Å². The Hall–Kier alpha value is -1.38. The topological polar surface area (TPSA) is 128 Å². The van der Waals surface area contributed by atoms with E-state index in [4.69, 9.17) is 15.3 Å². The number of hydrogen-bond donors (Lipinski definition) is 3. The number of amides is 1. The number of nitrogens with two attached hydrogens (primary N) is 2. The van der Waals surface area contributed by atoms with Crippen LogP contribution in [-0.4, -0.2) is 26.4 Å². The summed E-state index contributed by atoms with van der Waals surface area (Å²) in [4.78, 5) is 11.7. The molecule has 0 aliphatic rings. The number of nitrogens with one attached hydrogen (secondary N) is 1. The Morgan fingerprint density at radius 1 is 1.40 bits per heavy atom. The summed E-state index contributed by atoms with van der Waals surface area (Å²) in [5.74, 6) is -0.525. The molecule has 7 nitrogen and oxygen atoms in total. The summed E-state index contributed by atoms with van der Waals surface area (Å²) in [6.45, 7) is 5.59. The zero-order valence-corrected chi connectivity index (χ0v) is 12.7. The summed E-state index contributed by atoms with van der Waals surface area (Å²) < 4.78 is 27.7. The third kappa shape index (κ3) is 3.81. The lowest BCUT2D eigenvalue weighted by Gasteiger charge is -2.26. The SMILES string of the molecule is CCC(N)(CC)CNC(=O)c1cc(S(N)(=O)=O)c(C)o1. The predicted octanol–water partition coefficient (Wildman–Crippen LogP) is 0.483. The summed E-state index contributed by atoms with van der Waals surface area (Å²) in [7, 11) is -3.90. The fourth-order valence-corrected chi connectivity index (χ4v) is 2.42. The Balaban J connectivity index is 2.85. The number of aryl methyl sites for hydroxylation is 1. The van der Waals surface area contributed by atoms with Crippen LogP contribution in [0.5, 0.6) is 0 Å². The fourth-order valence-electron chi connectivity index (χ4n) is 1.70. The zero-order chi connectivity index (χ0) is 15.6. The molecule has 0 radical (unpaired) electrons. The quantitative estimate of drug-likeness (QED) is 0.704. The maximum Gasteiger partial charge on any atom is 0.287 e. The van der Waals surface area contributed by atoms with Gasteiger partial charge in [0.1, 0.15) is 10.7 Å². The highest BCUT2D eigenvalue weighted by molar-refractivity contribution is 7.89. The summed E-state index contributed by atoms with van der Waals surface area (Å²) in [5.41, 5.74) is 5.58. The molecule has 0 saturated carbocycles. The van der Waals surface area contributed by atoms with Crippen molar-refractivity contribution in [2.75, 3.05) is 6.54 Å². The molecule has 0 aliphatic heterocycles. The van der Waals surface area contributed by atoms with E-state index in [0.29, 0.717) is 12.8 Å². The number of carbonyl (C=O) groups is 1. The van der Waals surface area contributed by atoms with Crippen LogP contribution in [0.1, 0.15) is 43.0 Å². The largest absolute Gasteiger partial charge is 0.455 e. The van der Waals surface area contributed by atoms with Crippen LogP contribution in [0.25, 0.3) is 0 Å². The number of carbonyl (C=O) groups excluding carboxylic acids is 1. The number of primary sulfonamides is 1. The van der Waals surface area contributed by atoms with Gasteiger partial charge in [0.05, 0.1) is 0 Å². The van der Waals surface area contributed by atoms with Gasteiger partial charge in [0.2, 0.25) is 10.0 Å². The van der Waals surface area contributed by atoms with Gasteiger partial charge in [-0.3, -0.25) is 4.79 Å². The first-order valence-electron chi connectivity index (χ1n) is 6.33. The van der Waals surface area contributed by atoms with Crippen LogP contribution in [0.3, 0.4) is 0 Å². The lowest BCUT2D eigenvalue weighted by atomic mass is 9.94. The molecule has 1 heterocycles. The van der Waals surface area contributed by atoms with Crippen molar-refractivity contribution in [3.63, 3.8) is 0 Å². The molecule has 0 unspecified atom stereocenters. The number of hydrogen-bond acceptors (Lipinski definition) is 5. The average molecular weight is 303 g/mol. The van der Waals surface area contributed by atoms with Gasteiger partial charge in [0, 0.05) is 18.2 Å². The van der Waals surface area contributed by atoms with Gasteiger partial charge in [0.15, 0.2) is 5.76 Å². The van der Waals surface area contributed by atoms with Crippen molar-refractivity contribution in [1.29, 1.82) is 0 Å². The Morgan fingerprint density at radius 2 is 1.95 bits per heavy atom. The summed E-state index contributed by atoms with van der Waals surface area (Å²) >= 11 is 0. The molecule has 20 heavy (non-hydrogen) atoms. The van der Waals surface area contributed by atoms with E-state index in [9.17, 15) is 13.2 Å². The molecular formula is C12H21N3O4S. The second-order valence-electron chi connectivity index (χ2n) is 4.83. The minimum atomic E-state index is -3.90. The van der Waals surface area contributed by atoms with Gasteiger partial charge in [-0.25, -0.2) is 13.6 Å². The minimum Gasteiger partial charge on any atom is -0.455 e. The van der Waals surface area contributed by atoms with E-state index < -0.39 is 21.5 Å². The Kier molecular flexibility index (Phi) is 4.95. The summed E-state index contributed by atoms with van der Waals surface area (Å²) in [6.07, 6.45) is 1.42. The van der Waals surface area contributed by atoms with Gasteiger partial charge in [-0.15, -0.1) is 0 Å². The molecule has 0 spiro atoms. The second-order valence-corrected chi connectivity index (χ2v) is 6.36. The zero-order valence-electron chi connectivity index (χ0n) is 11.9. The Labute approximate surface area is 118 Å². The van der Waals surface area contributed by atoms with Gasteiger partial charge in [0.25, 0.3) is 5.91 Å². The highest BCUT2D eigenvalue weighted by atomic mass is 32.2. The van der Waals surface area contributed by atoms with Gasteiger partial charge < -0.3 is 15.5 Å². The van der Waals surface area contributed by atoms with E-state index in [2.05, 4.69) is 5.32 Å². The van der Waals surface area contributed by atoms with Crippen molar-refractivity contribution in [2.24, 2.45) is 10.9 Å². The highest BCUT2D eigenvalue weighted by Crippen LogP contribution is 2.18.